The number of benzene rings is 2. The molecule has 0 radical (unpaired) electrons. The van der Waals surface area contributed by atoms with Crippen LogP contribution in [0.25, 0.3) is 17.1 Å². The maximum atomic E-state index is 5.94. The SMILES string of the molecule is CC(Sc1nnc(-c2ccc(C(C)(C)C)cc2)n1-c1ccccc1)c1nc(N)nc(N(C)C)n1. The fourth-order valence-electron chi connectivity index (χ4n) is 3.45. The quantitative estimate of drug-likeness (QED) is 0.393. The Morgan fingerprint density at radius 2 is 1.59 bits per heavy atom. The van der Waals surface area contributed by atoms with Gasteiger partial charge < -0.3 is 10.6 Å². The van der Waals surface area contributed by atoms with Crippen molar-refractivity contribution < 1.29 is 0 Å². The van der Waals surface area contributed by atoms with E-state index < -0.39 is 0 Å². The van der Waals surface area contributed by atoms with Crippen molar-refractivity contribution in [2.45, 2.75) is 43.5 Å². The van der Waals surface area contributed by atoms with Gasteiger partial charge in [0.15, 0.2) is 11.0 Å². The van der Waals surface area contributed by atoms with Crippen molar-refractivity contribution in [2.75, 3.05) is 24.7 Å². The van der Waals surface area contributed by atoms with Crippen molar-refractivity contribution in [3.05, 3.63) is 66.0 Å². The first kappa shape index (κ1) is 23.7. The molecule has 34 heavy (non-hydrogen) atoms. The predicted octanol–water partition coefficient (Wildman–Crippen LogP) is 4.92. The fourth-order valence-corrected chi connectivity index (χ4v) is 4.36. The van der Waals surface area contributed by atoms with Crippen LogP contribution in [0.3, 0.4) is 0 Å². The second-order valence-electron chi connectivity index (χ2n) is 9.31. The van der Waals surface area contributed by atoms with E-state index >= 15 is 0 Å². The highest BCUT2D eigenvalue weighted by atomic mass is 32.2. The molecular formula is C25H30N8S. The summed E-state index contributed by atoms with van der Waals surface area (Å²) < 4.78 is 2.07. The molecule has 0 amide bonds. The molecule has 0 aliphatic carbocycles. The Kier molecular flexibility index (Phi) is 6.56. The zero-order chi connectivity index (χ0) is 24.5. The summed E-state index contributed by atoms with van der Waals surface area (Å²) in [6.07, 6.45) is 0. The molecule has 2 aromatic carbocycles. The Bertz CT molecular complexity index is 1260. The molecule has 0 bridgehead atoms. The summed E-state index contributed by atoms with van der Waals surface area (Å²) in [4.78, 5) is 14.9. The molecule has 2 N–H and O–H groups in total. The van der Waals surface area contributed by atoms with Gasteiger partial charge in [0, 0.05) is 25.3 Å². The van der Waals surface area contributed by atoms with E-state index in [1.165, 1.54) is 17.3 Å². The smallest absolute Gasteiger partial charge is 0.229 e. The molecule has 1 atom stereocenters. The highest BCUT2D eigenvalue weighted by Gasteiger charge is 2.22. The van der Waals surface area contributed by atoms with Crippen molar-refractivity contribution in [1.29, 1.82) is 0 Å². The van der Waals surface area contributed by atoms with Gasteiger partial charge in [0.25, 0.3) is 0 Å². The van der Waals surface area contributed by atoms with Gasteiger partial charge in [-0.1, -0.05) is 75.0 Å². The summed E-state index contributed by atoms with van der Waals surface area (Å²) in [5.74, 6) is 2.11. The van der Waals surface area contributed by atoms with Gasteiger partial charge in [-0.05, 0) is 30.0 Å². The lowest BCUT2D eigenvalue weighted by molar-refractivity contribution is 0.590. The lowest BCUT2D eigenvalue weighted by atomic mass is 9.87. The Morgan fingerprint density at radius 3 is 2.21 bits per heavy atom. The first-order valence-electron chi connectivity index (χ1n) is 11.1. The van der Waals surface area contributed by atoms with Crippen molar-refractivity contribution in [3.63, 3.8) is 0 Å². The standard InChI is InChI=1S/C25H30N8S/c1-16(20-27-22(26)29-23(28-20)32(5)6)34-24-31-30-21(33(24)19-10-8-7-9-11-19)17-12-14-18(15-13-17)25(2,3)4/h7-16H,1-6H3,(H2,26,27,28,29). The third kappa shape index (κ3) is 5.04. The molecular weight excluding hydrogens is 444 g/mol. The van der Waals surface area contributed by atoms with Crippen LogP contribution >= 0.6 is 11.8 Å². The van der Waals surface area contributed by atoms with Crippen molar-refractivity contribution in [3.8, 4) is 17.1 Å². The summed E-state index contributed by atoms with van der Waals surface area (Å²) in [6.45, 7) is 8.65. The summed E-state index contributed by atoms with van der Waals surface area (Å²) >= 11 is 1.53. The van der Waals surface area contributed by atoms with Gasteiger partial charge in [0.1, 0.15) is 5.82 Å². The molecule has 0 fully saturated rings. The van der Waals surface area contributed by atoms with Gasteiger partial charge in [0.2, 0.25) is 11.9 Å². The van der Waals surface area contributed by atoms with Crippen LogP contribution in [0, 0.1) is 0 Å². The van der Waals surface area contributed by atoms with Crippen molar-refractivity contribution in [1.82, 2.24) is 29.7 Å². The van der Waals surface area contributed by atoms with Crippen LogP contribution in [-0.4, -0.2) is 43.8 Å². The zero-order valence-corrected chi connectivity index (χ0v) is 21.2. The van der Waals surface area contributed by atoms with Crippen molar-refractivity contribution >= 4 is 23.7 Å². The summed E-state index contributed by atoms with van der Waals surface area (Å²) in [5.41, 5.74) is 9.29. The molecule has 0 aliphatic heterocycles. The molecule has 0 spiro atoms. The van der Waals surface area contributed by atoms with Gasteiger partial charge in [0.05, 0.1) is 5.25 Å². The van der Waals surface area contributed by atoms with Gasteiger partial charge in [-0.2, -0.15) is 15.0 Å². The van der Waals surface area contributed by atoms with E-state index in [-0.39, 0.29) is 16.6 Å². The number of hydrogen-bond donors (Lipinski definition) is 1. The van der Waals surface area contributed by atoms with Crippen LogP contribution in [0.15, 0.2) is 59.8 Å². The number of rotatable bonds is 6. The number of para-hydroxylation sites is 1. The summed E-state index contributed by atoms with van der Waals surface area (Å²) in [5, 5.41) is 9.75. The van der Waals surface area contributed by atoms with E-state index in [1.54, 1.807) is 0 Å². The minimum atomic E-state index is -0.119. The summed E-state index contributed by atoms with van der Waals surface area (Å²) in [7, 11) is 3.75. The van der Waals surface area contributed by atoms with Crippen LogP contribution in [0.4, 0.5) is 11.9 Å². The maximum Gasteiger partial charge on any atom is 0.229 e. The van der Waals surface area contributed by atoms with Crippen LogP contribution in [-0.2, 0) is 5.41 Å². The van der Waals surface area contributed by atoms with Crippen molar-refractivity contribution in [2.24, 2.45) is 0 Å². The minimum Gasteiger partial charge on any atom is -0.368 e. The van der Waals surface area contributed by atoms with E-state index in [4.69, 9.17) is 5.73 Å². The monoisotopic (exact) mass is 474 g/mol. The number of hydrogen-bond acceptors (Lipinski definition) is 8. The molecule has 4 aromatic rings. The number of thioether (sulfide) groups is 1. The largest absolute Gasteiger partial charge is 0.368 e. The number of anilines is 2. The number of nitrogens with zero attached hydrogens (tertiary/aromatic N) is 7. The predicted molar refractivity (Wildman–Crippen MR) is 138 cm³/mol. The molecule has 1 unspecified atom stereocenters. The van der Waals surface area contributed by atoms with E-state index in [1.807, 2.05) is 44.1 Å². The molecule has 2 aromatic heterocycles. The first-order valence-corrected chi connectivity index (χ1v) is 12.0. The second-order valence-corrected chi connectivity index (χ2v) is 10.6. The molecule has 9 heteroatoms. The van der Waals surface area contributed by atoms with E-state index in [2.05, 4.69) is 86.9 Å². The third-order valence-electron chi connectivity index (χ3n) is 5.36. The van der Waals surface area contributed by atoms with Crippen LogP contribution in [0.1, 0.15) is 44.3 Å². The number of nitrogens with two attached hydrogens (primary N) is 1. The Hall–Kier alpha value is -3.46. The highest BCUT2D eigenvalue weighted by molar-refractivity contribution is 7.99. The molecule has 0 aliphatic rings. The average molecular weight is 475 g/mol. The Labute approximate surface area is 204 Å². The maximum absolute atomic E-state index is 5.94. The Balaban J connectivity index is 1.74. The summed E-state index contributed by atoms with van der Waals surface area (Å²) in [6, 6.07) is 18.7. The normalized spacial score (nSPS) is 12.5. The minimum absolute atomic E-state index is 0.0832. The van der Waals surface area contributed by atoms with Gasteiger partial charge in [-0.25, -0.2) is 0 Å². The molecule has 0 saturated heterocycles. The third-order valence-corrected chi connectivity index (χ3v) is 6.40. The second kappa shape index (κ2) is 9.42. The molecule has 176 valence electrons. The molecule has 4 rings (SSSR count). The number of aromatic nitrogens is 6. The molecule has 2 heterocycles. The number of nitrogen functional groups attached to an aromatic ring is 1. The lowest BCUT2D eigenvalue weighted by Gasteiger charge is -2.19. The fraction of sp³-hybridized carbons (Fsp3) is 0.320. The van der Waals surface area contributed by atoms with Crippen LogP contribution in [0.2, 0.25) is 0 Å². The van der Waals surface area contributed by atoms with Gasteiger partial charge in [-0.15, -0.1) is 10.2 Å². The molecule has 8 nitrogen and oxygen atoms in total. The Morgan fingerprint density at radius 1 is 0.912 bits per heavy atom. The highest BCUT2D eigenvalue weighted by Crippen LogP contribution is 2.36. The van der Waals surface area contributed by atoms with Gasteiger partial charge in [-0.3, -0.25) is 4.57 Å². The topological polar surface area (TPSA) is 98.6 Å². The van der Waals surface area contributed by atoms with Crippen LogP contribution in [0.5, 0.6) is 0 Å². The van der Waals surface area contributed by atoms with E-state index in [0.717, 1.165) is 22.2 Å². The average Bonchev–Trinajstić information content (AvgIpc) is 3.22. The zero-order valence-electron chi connectivity index (χ0n) is 20.4. The van der Waals surface area contributed by atoms with Gasteiger partial charge >= 0.3 is 0 Å². The van der Waals surface area contributed by atoms with E-state index in [0.29, 0.717) is 11.8 Å². The lowest BCUT2D eigenvalue weighted by Crippen LogP contribution is -2.16. The van der Waals surface area contributed by atoms with E-state index in [9.17, 15) is 0 Å². The van der Waals surface area contributed by atoms with Crippen LogP contribution < -0.4 is 10.6 Å². The molecule has 0 saturated carbocycles. The first-order chi connectivity index (χ1) is 16.1.